The summed E-state index contributed by atoms with van der Waals surface area (Å²) in [6.07, 6.45) is 3.81. The van der Waals surface area contributed by atoms with Crippen LogP contribution in [-0.2, 0) is 14.3 Å². The second kappa shape index (κ2) is 6.97. The number of ketones is 1. The Bertz CT molecular complexity index is 537. The van der Waals surface area contributed by atoms with Crippen LogP contribution in [0.1, 0.15) is 24.8 Å². The molecule has 1 aliphatic rings. The van der Waals surface area contributed by atoms with E-state index in [4.69, 9.17) is 4.74 Å². The van der Waals surface area contributed by atoms with Gasteiger partial charge in [-0.2, -0.15) is 8.78 Å². The molecule has 1 atom stereocenters. The SMILES string of the molecule is O=C(C=Cc1ccc(OC(F)F)cc1)OC1CCCC1=O. The molecule has 0 amide bonds. The summed E-state index contributed by atoms with van der Waals surface area (Å²) in [6.45, 7) is -2.87. The average Bonchev–Trinajstić information content (AvgIpc) is 2.83. The lowest BCUT2D eigenvalue weighted by Gasteiger charge is -2.07. The maximum atomic E-state index is 12.0. The Morgan fingerprint density at radius 1 is 1.29 bits per heavy atom. The molecule has 0 saturated heterocycles. The molecule has 0 heterocycles. The van der Waals surface area contributed by atoms with Gasteiger partial charge in [-0.15, -0.1) is 0 Å². The van der Waals surface area contributed by atoms with Crippen molar-refractivity contribution in [1.82, 2.24) is 0 Å². The van der Waals surface area contributed by atoms with Crippen LogP contribution in [0.3, 0.4) is 0 Å². The van der Waals surface area contributed by atoms with Crippen LogP contribution in [0.25, 0.3) is 6.08 Å². The van der Waals surface area contributed by atoms with E-state index < -0.39 is 18.7 Å². The number of carbonyl (C=O) groups is 2. The van der Waals surface area contributed by atoms with Crippen LogP contribution in [0, 0.1) is 0 Å². The molecule has 21 heavy (non-hydrogen) atoms. The van der Waals surface area contributed by atoms with Crippen molar-refractivity contribution in [2.45, 2.75) is 32.0 Å². The first kappa shape index (κ1) is 15.2. The Morgan fingerprint density at radius 3 is 2.57 bits per heavy atom. The van der Waals surface area contributed by atoms with Crippen molar-refractivity contribution in [3.63, 3.8) is 0 Å². The van der Waals surface area contributed by atoms with Crippen LogP contribution in [0.5, 0.6) is 5.75 Å². The van der Waals surface area contributed by atoms with Crippen molar-refractivity contribution in [2.24, 2.45) is 0 Å². The lowest BCUT2D eigenvalue weighted by Crippen LogP contribution is -2.20. The zero-order valence-corrected chi connectivity index (χ0v) is 11.1. The number of rotatable bonds is 5. The molecule has 0 N–H and O–H groups in total. The fourth-order valence-electron chi connectivity index (χ4n) is 2.01. The van der Waals surface area contributed by atoms with Crippen molar-refractivity contribution in [3.05, 3.63) is 35.9 Å². The number of benzene rings is 1. The summed E-state index contributed by atoms with van der Waals surface area (Å²) in [4.78, 5) is 22.9. The van der Waals surface area contributed by atoms with Gasteiger partial charge in [-0.05, 0) is 36.6 Å². The van der Waals surface area contributed by atoms with Crippen molar-refractivity contribution in [1.29, 1.82) is 0 Å². The number of Topliss-reactive ketones (excluding diaryl/α,β-unsaturated/α-hetero) is 1. The summed E-state index contributed by atoms with van der Waals surface area (Å²) < 4.78 is 33.2. The summed E-state index contributed by atoms with van der Waals surface area (Å²) in [5.41, 5.74) is 0.631. The van der Waals surface area contributed by atoms with Gasteiger partial charge in [-0.3, -0.25) is 4.79 Å². The average molecular weight is 296 g/mol. The number of hydrogen-bond donors (Lipinski definition) is 0. The Balaban J connectivity index is 1.88. The molecule has 112 valence electrons. The third-order valence-corrected chi connectivity index (χ3v) is 3.02. The molecule has 1 fully saturated rings. The lowest BCUT2D eigenvalue weighted by molar-refractivity contribution is -0.148. The fraction of sp³-hybridized carbons (Fsp3) is 0.333. The molecule has 1 aromatic carbocycles. The Kier molecular flexibility index (Phi) is 5.03. The molecule has 1 saturated carbocycles. The topological polar surface area (TPSA) is 52.6 Å². The van der Waals surface area contributed by atoms with Gasteiger partial charge in [-0.25, -0.2) is 4.79 Å². The monoisotopic (exact) mass is 296 g/mol. The minimum atomic E-state index is -2.87. The normalized spacial score (nSPS) is 18.4. The summed E-state index contributed by atoms with van der Waals surface area (Å²) in [6, 6.07) is 5.81. The molecule has 6 heteroatoms. The minimum Gasteiger partial charge on any atom is -0.451 e. The highest BCUT2D eigenvalue weighted by molar-refractivity contribution is 5.91. The van der Waals surface area contributed by atoms with E-state index in [9.17, 15) is 18.4 Å². The fourth-order valence-corrected chi connectivity index (χ4v) is 2.01. The van der Waals surface area contributed by atoms with E-state index in [1.165, 1.54) is 36.4 Å². The van der Waals surface area contributed by atoms with Gasteiger partial charge in [0.05, 0.1) is 0 Å². The van der Waals surface area contributed by atoms with Gasteiger partial charge < -0.3 is 9.47 Å². The first-order valence-corrected chi connectivity index (χ1v) is 6.51. The predicted octanol–water partition coefficient (Wildman–Crippen LogP) is 2.97. The highest BCUT2D eigenvalue weighted by Crippen LogP contribution is 2.18. The van der Waals surface area contributed by atoms with Gasteiger partial charge in [0, 0.05) is 12.5 Å². The zero-order valence-electron chi connectivity index (χ0n) is 11.1. The number of carbonyl (C=O) groups excluding carboxylic acids is 2. The molecule has 0 radical (unpaired) electrons. The van der Waals surface area contributed by atoms with Gasteiger partial charge in [-0.1, -0.05) is 12.1 Å². The molecule has 0 spiro atoms. The van der Waals surface area contributed by atoms with E-state index in [1.807, 2.05) is 0 Å². The van der Waals surface area contributed by atoms with Crippen molar-refractivity contribution < 1.29 is 27.8 Å². The van der Waals surface area contributed by atoms with Crippen LogP contribution >= 0.6 is 0 Å². The summed E-state index contributed by atoms with van der Waals surface area (Å²) in [5, 5.41) is 0. The Morgan fingerprint density at radius 2 is 2.00 bits per heavy atom. The molecular formula is C15H14F2O4. The Labute approximate surface area is 120 Å². The summed E-state index contributed by atoms with van der Waals surface area (Å²) in [7, 11) is 0. The molecule has 0 aliphatic heterocycles. The maximum absolute atomic E-state index is 12.0. The second-order valence-corrected chi connectivity index (χ2v) is 4.56. The van der Waals surface area contributed by atoms with Gasteiger partial charge in [0.2, 0.25) is 0 Å². The lowest BCUT2D eigenvalue weighted by atomic mass is 10.2. The van der Waals surface area contributed by atoms with Crippen LogP contribution in [0.15, 0.2) is 30.3 Å². The number of esters is 1. The van der Waals surface area contributed by atoms with Gasteiger partial charge >= 0.3 is 12.6 Å². The summed E-state index contributed by atoms with van der Waals surface area (Å²) >= 11 is 0. The van der Waals surface area contributed by atoms with Crippen molar-refractivity contribution in [2.75, 3.05) is 0 Å². The van der Waals surface area contributed by atoms with E-state index in [1.54, 1.807) is 0 Å². The molecule has 2 rings (SSSR count). The molecule has 0 aromatic heterocycles. The summed E-state index contributed by atoms with van der Waals surface area (Å²) in [5.74, 6) is -0.602. The van der Waals surface area contributed by atoms with Gasteiger partial charge in [0.1, 0.15) is 5.75 Å². The smallest absolute Gasteiger partial charge is 0.387 e. The molecule has 1 aromatic rings. The highest BCUT2D eigenvalue weighted by atomic mass is 19.3. The third-order valence-electron chi connectivity index (χ3n) is 3.02. The van der Waals surface area contributed by atoms with Gasteiger partial charge in [0.15, 0.2) is 11.9 Å². The van der Waals surface area contributed by atoms with Crippen LogP contribution in [-0.4, -0.2) is 24.5 Å². The van der Waals surface area contributed by atoms with Crippen molar-refractivity contribution >= 4 is 17.8 Å². The molecule has 1 aliphatic carbocycles. The quantitative estimate of drug-likeness (QED) is 0.619. The van der Waals surface area contributed by atoms with E-state index in [0.717, 1.165) is 6.42 Å². The standard InChI is InChI=1S/C15H14F2O4/c16-15(17)20-11-7-4-10(5-8-11)6-9-14(19)21-13-3-1-2-12(13)18/h4-9,13,15H,1-3H2. The zero-order chi connectivity index (χ0) is 15.2. The van der Waals surface area contributed by atoms with E-state index in [2.05, 4.69) is 4.74 Å². The second-order valence-electron chi connectivity index (χ2n) is 4.56. The minimum absolute atomic E-state index is 0.0429. The van der Waals surface area contributed by atoms with Crippen LogP contribution < -0.4 is 4.74 Å². The molecular weight excluding hydrogens is 282 g/mol. The van der Waals surface area contributed by atoms with Crippen LogP contribution in [0.2, 0.25) is 0 Å². The first-order valence-electron chi connectivity index (χ1n) is 6.51. The number of ether oxygens (including phenoxy) is 2. The largest absolute Gasteiger partial charge is 0.451 e. The van der Waals surface area contributed by atoms with E-state index in [0.29, 0.717) is 18.4 Å². The maximum Gasteiger partial charge on any atom is 0.387 e. The number of halogens is 2. The van der Waals surface area contributed by atoms with E-state index in [-0.39, 0.29) is 11.5 Å². The van der Waals surface area contributed by atoms with Gasteiger partial charge in [0.25, 0.3) is 0 Å². The predicted molar refractivity (Wildman–Crippen MR) is 70.8 cm³/mol. The van der Waals surface area contributed by atoms with Crippen LogP contribution in [0.4, 0.5) is 8.78 Å². The Hall–Kier alpha value is -2.24. The molecule has 4 nitrogen and oxygen atoms in total. The molecule has 0 bridgehead atoms. The number of alkyl halides is 2. The highest BCUT2D eigenvalue weighted by Gasteiger charge is 2.27. The molecule has 1 unspecified atom stereocenters. The van der Waals surface area contributed by atoms with E-state index >= 15 is 0 Å². The number of hydrogen-bond acceptors (Lipinski definition) is 4. The first-order chi connectivity index (χ1) is 10.0. The van der Waals surface area contributed by atoms with Crippen molar-refractivity contribution in [3.8, 4) is 5.75 Å². The third kappa shape index (κ3) is 4.66.